The molecule has 104 valence electrons. The van der Waals surface area contributed by atoms with Crippen LogP contribution in [0.4, 0.5) is 0 Å². The molecule has 1 atom stereocenters. The van der Waals surface area contributed by atoms with Gasteiger partial charge < -0.3 is 9.47 Å². The molecule has 1 saturated heterocycles. The molecule has 0 radical (unpaired) electrons. The highest BCUT2D eigenvalue weighted by Gasteiger charge is 2.23. The van der Waals surface area contributed by atoms with E-state index in [0.29, 0.717) is 18.2 Å². The predicted octanol–water partition coefficient (Wildman–Crippen LogP) is 1.50. The van der Waals surface area contributed by atoms with Crippen LogP contribution >= 0.6 is 11.6 Å². The minimum Gasteiger partial charge on any atom is -0.469 e. The van der Waals surface area contributed by atoms with Gasteiger partial charge in [-0.2, -0.15) is 0 Å². The Labute approximate surface area is 117 Å². The van der Waals surface area contributed by atoms with E-state index >= 15 is 0 Å². The third-order valence-corrected chi connectivity index (χ3v) is 3.26. The van der Waals surface area contributed by atoms with Crippen molar-refractivity contribution in [3.8, 4) is 0 Å². The summed E-state index contributed by atoms with van der Waals surface area (Å²) in [7, 11) is 1.39. The van der Waals surface area contributed by atoms with Crippen LogP contribution in [0.2, 0.25) is 5.15 Å². The Hall–Kier alpha value is -1.17. The van der Waals surface area contributed by atoms with Crippen molar-refractivity contribution in [2.24, 2.45) is 0 Å². The van der Waals surface area contributed by atoms with E-state index in [-0.39, 0.29) is 12.1 Å². The summed E-state index contributed by atoms with van der Waals surface area (Å²) in [6, 6.07) is 3.74. The van der Waals surface area contributed by atoms with Crippen molar-refractivity contribution in [1.29, 1.82) is 0 Å². The van der Waals surface area contributed by atoms with Gasteiger partial charge in [0.2, 0.25) is 0 Å². The minimum absolute atomic E-state index is 0.0959. The average Bonchev–Trinajstić information content (AvgIpc) is 2.42. The normalized spacial score (nSPS) is 20.2. The second kappa shape index (κ2) is 6.84. The Kier molecular flexibility index (Phi) is 5.13. The Bertz CT molecular complexity index is 424. The molecule has 0 amide bonds. The molecule has 6 heteroatoms. The highest BCUT2D eigenvalue weighted by Crippen LogP contribution is 2.13. The zero-order chi connectivity index (χ0) is 13.7. The van der Waals surface area contributed by atoms with Gasteiger partial charge in [0.1, 0.15) is 5.15 Å². The fraction of sp³-hybridized carbons (Fsp3) is 0.538. The Morgan fingerprint density at radius 2 is 2.47 bits per heavy atom. The van der Waals surface area contributed by atoms with Crippen LogP contribution in [0.1, 0.15) is 12.0 Å². The number of rotatable bonds is 4. The van der Waals surface area contributed by atoms with Crippen molar-refractivity contribution in [3.05, 3.63) is 29.0 Å². The van der Waals surface area contributed by atoms with Gasteiger partial charge in [-0.1, -0.05) is 17.7 Å². The largest absolute Gasteiger partial charge is 0.469 e. The molecular formula is C13H17ClN2O3. The van der Waals surface area contributed by atoms with Crippen molar-refractivity contribution < 1.29 is 14.3 Å². The van der Waals surface area contributed by atoms with Gasteiger partial charge in [0.15, 0.2) is 0 Å². The summed E-state index contributed by atoms with van der Waals surface area (Å²) in [5.41, 5.74) is 1.10. The number of methoxy groups -OCH3 is 1. The van der Waals surface area contributed by atoms with Gasteiger partial charge in [-0.25, -0.2) is 4.98 Å². The van der Waals surface area contributed by atoms with Crippen LogP contribution < -0.4 is 0 Å². The van der Waals surface area contributed by atoms with Crippen molar-refractivity contribution in [2.75, 3.05) is 26.8 Å². The highest BCUT2D eigenvalue weighted by molar-refractivity contribution is 6.29. The molecule has 1 aliphatic rings. The zero-order valence-corrected chi connectivity index (χ0v) is 11.6. The lowest BCUT2D eigenvalue weighted by molar-refractivity contribution is -0.145. The van der Waals surface area contributed by atoms with E-state index in [1.165, 1.54) is 7.11 Å². The lowest BCUT2D eigenvalue weighted by Gasteiger charge is -2.32. The van der Waals surface area contributed by atoms with Gasteiger partial charge in [-0.05, 0) is 11.6 Å². The van der Waals surface area contributed by atoms with E-state index in [2.05, 4.69) is 14.6 Å². The van der Waals surface area contributed by atoms with Gasteiger partial charge in [-0.15, -0.1) is 0 Å². The van der Waals surface area contributed by atoms with Gasteiger partial charge in [-0.3, -0.25) is 9.69 Å². The Morgan fingerprint density at radius 3 is 3.16 bits per heavy atom. The van der Waals surface area contributed by atoms with Crippen LogP contribution in [0.15, 0.2) is 18.3 Å². The van der Waals surface area contributed by atoms with Crippen molar-refractivity contribution in [1.82, 2.24) is 9.88 Å². The summed E-state index contributed by atoms with van der Waals surface area (Å²) in [5.74, 6) is -0.236. The maximum absolute atomic E-state index is 11.2. The van der Waals surface area contributed by atoms with Crippen molar-refractivity contribution in [3.63, 3.8) is 0 Å². The molecule has 19 heavy (non-hydrogen) atoms. The highest BCUT2D eigenvalue weighted by atomic mass is 35.5. The summed E-state index contributed by atoms with van der Waals surface area (Å²) >= 11 is 5.75. The summed E-state index contributed by atoms with van der Waals surface area (Å²) in [4.78, 5) is 17.5. The van der Waals surface area contributed by atoms with Crippen LogP contribution in [0, 0.1) is 0 Å². The van der Waals surface area contributed by atoms with E-state index in [1.54, 1.807) is 12.3 Å². The number of esters is 1. The quantitative estimate of drug-likeness (QED) is 0.619. The molecule has 2 rings (SSSR count). The molecule has 0 N–H and O–H groups in total. The molecule has 5 nitrogen and oxygen atoms in total. The Morgan fingerprint density at radius 1 is 1.63 bits per heavy atom. The van der Waals surface area contributed by atoms with E-state index < -0.39 is 0 Å². The lowest BCUT2D eigenvalue weighted by Crippen LogP contribution is -2.42. The molecule has 2 heterocycles. The van der Waals surface area contributed by atoms with E-state index in [4.69, 9.17) is 16.3 Å². The molecule has 0 saturated carbocycles. The molecule has 0 spiro atoms. The zero-order valence-electron chi connectivity index (χ0n) is 10.8. The Balaban J connectivity index is 1.87. The molecule has 1 fully saturated rings. The van der Waals surface area contributed by atoms with E-state index in [1.807, 2.05) is 6.07 Å². The lowest BCUT2D eigenvalue weighted by atomic mass is 10.2. The van der Waals surface area contributed by atoms with E-state index in [0.717, 1.165) is 25.2 Å². The number of morpholine rings is 1. The first-order valence-electron chi connectivity index (χ1n) is 6.18. The van der Waals surface area contributed by atoms with Crippen LogP contribution in [0.3, 0.4) is 0 Å². The SMILES string of the molecule is COC(=O)CC1CN(Cc2ccc(Cl)nc2)CCO1. The molecular weight excluding hydrogens is 268 g/mol. The first-order chi connectivity index (χ1) is 9.17. The second-order valence-corrected chi connectivity index (χ2v) is 4.88. The number of nitrogens with zero attached hydrogens (tertiary/aromatic N) is 2. The molecule has 0 bridgehead atoms. The smallest absolute Gasteiger partial charge is 0.308 e. The van der Waals surface area contributed by atoms with Gasteiger partial charge in [0.25, 0.3) is 0 Å². The second-order valence-electron chi connectivity index (χ2n) is 4.50. The van der Waals surface area contributed by atoms with Gasteiger partial charge >= 0.3 is 5.97 Å². The maximum atomic E-state index is 11.2. The fourth-order valence-corrected chi connectivity index (χ4v) is 2.19. The van der Waals surface area contributed by atoms with Crippen molar-refractivity contribution >= 4 is 17.6 Å². The average molecular weight is 285 g/mol. The molecule has 1 unspecified atom stereocenters. The molecule has 1 aromatic heterocycles. The number of carbonyl (C=O) groups excluding carboxylic acids is 1. The molecule has 1 aliphatic heterocycles. The number of ether oxygens (including phenoxy) is 2. The van der Waals surface area contributed by atoms with Crippen LogP contribution in [0.5, 0.6) is 0 Å². The van der Waals surface area contributed by atoms with Crippen LogP contribution in [0.25, 0.3) is 0 Å². The summed E-state index contributed by atoms with van der Waals surface area (Å²) < 4.78 is 10.2. The van der Waals surface area contributed by atoms with Crippen LogP contribution in [-0.2, 0) is 20.8 Å². The standard InChI is InChI=1S/C13H17ClN2O3/c1-18-13(17)6-11-9-16(4-5-19-11)8-10-2-3-12(14)15-7-10/h2-3,7,11H,4-6,8-9H2,1H3. The van der Waals surface area contributed by atoms with Gasteiger partial charge in [0.05, 0.1) is 26.2 Å². The molecule has 1 aromatic rings. The molecule has 0 aromatic carbocycles. The van der Waals surface area contributed by atoms with Crippen molar-refractivity contribution in [2.45, 2.75) is 19.1 Å². The third-order valence-electron chi connectivity index (χ3n) is 3.04. The van der Waals surface area contributed by atoms with E-state index in [9.17, 15) is 4.79 Å². The summed E-state index contributed by atoms with van der Waals surface area (Å²) in [6.07, 6.45) is 1.97. The fourth-order valence-electron chi connectivity index (χ4n) is 2.07. The number of carbonyl (C=O) groups is 1. The van der Waals surface area contributed by atoms with Crippen LogP contribution in [-0.4, -0.2) is 48.8 Å². The monoisotopic (exact) mass is 284 g/mol. The molecule has 0 aliphatic carbocycles. The number of halogens is 1. The maximum Gasteiger partial charge on any atom is 0.308 e. The topological polar surface area (TPSA) is 51.7 Å². The number of aromatic nitrogens is 1. The number of pyridine rings is 1. The number of hydrogen-bond donors (Lipinski definition) is 0. The third kappa shape index (κ3) is 4.45. The minimum atomic E-state index is -0.236. The summed E-state index contributed by atoms with van der Waals surface area (Å²) in [5, 5.41) is 0.495. The predicted molar refractivity (Wildman–Crippen MR) is 70.9 cm³/mol. The first-order valence-corrected chi connectivity index (χ1v) is 6.56. The summed E-state index contributed by atoms with van der Waals surface area (Å²) in [6.45, 7) is 2.98. The number of hydrogen-bond acceptors (Lipinski definition) is 5. The van der Waals surface area contributed by atoms with Gasteiger partial charge in [0, 0.05) is 25.8 Å². The first kappa shape index (κ1) is 14.2.